The van der Waals surface area contributed by atoms with Crippen molar-refractivity contribution in [1.29, 1.82) is 0 Å². The molecule has 6 heteroatoms. The fourth-order valence-electron chi connectivity index (χ4n) is 2.39. The van der Waals surface area contributed by atoms with Crippen LogP contribution in [-0.4, -0.2) is 63.4 Å². The normalized spacial score (nSPS) is 17.7. The standard InChI is InChI=1S/C13H22N4O2/c1-2-3-17-10-12(8-14-17)9-15-4-6-16(7-5-15)11-13(18)19/h8,10H,2-7,9,11H2,1H3,(H,18,19). The topological polar surface area (TPSA) is 61.6 Å². The average molecular weight is 266 g/mol. The monoisotopic (exact) mass is 266 g/mol. The van der Waals surface area contributed by atoms with Crippen molar-refractivity contribution in [2.75, 3.05) is 32.7 Å². The molecule has 0 aliphatic carbocycles. The average Bonchev–Trinajstić information content (AvgIpc) is 2.79. The van der Waals surface area contributed by atoms with E-state index in [1.165, 1.54) is 5.56 Å². The van der Waals surface area contributed by atoms with E-state index in [9.17, 15) is 4.79 Å². The Balaban J connectivity index is 1.76. The molecule has 106 valence electrons. The molecule has 1 aromatic heterocycles. The molecule has 1 saturated heterocycles. The van der Waals surface area contributed by atoms with Crippen molar-refractivity contribution in [3.8, 4) is 0 Å². The number of piperazine rings is 1. The van der Waals surface area contributed by atoms with Crippen LogP contribution in [0.15, 0.2) is 12.4 Å². The Morgan fingerprint density at radius 1 is 1.32 bits per heavy atom. The van der Waals surface area contributed by atoms with Crippen LogP contribution in [0.4, 0.5) is 0 Å². The lowest BCUT2D eigenvalue weighted by molar-refractivity contribution is -0.138. The van der Waals surface area contributed by atoms with E-state index in [1.54, 1.807) is 0 Å². The maximum atomic E-state index is 10.6. The zero-order valence-electron chi connectivity index (χ0n) is 11.5. The Labute approximate surface area is 113 Å². The van der Waals surface area contributed by atoms with Crippen molar-refractivity contribution in [1.82, 2.24) is 19.6 Å². The first-order valence-electron chi connectivity index (χ1n) is 6.85. The number of nitrogens with zero attached hydrogens (tertiary/aromatic N) is 4. The molecule has 1 aliphatic heterocycles. The summed E-state index contributed by atoms with van der Waals surface area (Å²) < 4.78 is 1.98. The van der Waals surface area contributed by atoms with E-state index < -0.39 is 5.97 Å². The van der Waals surface area contributed by atoms with Gasteiger partial charge >= 0.3 is 5.97 Å². The molecule has 19 heavy (non-hydrogen) atoms. The van der Waals surface area contributed by atoms with E-state index in [0.29, 0.717) is 0 Å². The molecule has 2 rings (SSSR count). The van der Waals surface area contributed by atoms with E-state index in [2.05, 4.69) is 23.1 Å². The summed E-state index contributed by atoms with van der Waals surface area (Å²) in [5, 5.41) is 13.1. The molecule has 0 unspecified atom stereocenters. The van der Waals surface area contributed by atoms with Crippen molar-refractivity contribution >= 4 is 5.97 Å². The smallest absolute Gasteiger partial charge is 0.317 e. The third-order valence-electron chi connectivity index (χ3n) is 3.37. The number of carbonyl (C=O) groups is 1. The summed E-state index contributed by atoms with van der Waals surface area (Å²) in [7, 11) is 0. The molecule has 2 heterocycles. The van der Waals surface area contributed by atoms with Crippen molar-refractivity contribution in [3.05, 3.63) is 18.0 Å². The highest BCUT2D eigenvalue weighted by molar-refractivity contribution is 5.69. The molecule has 1 N–H and O–H groups in total. The summed E-state index contributed by atoms with van der Waals surface area (Å²) in [5.41, 5.74) is 1.24. The molecule has 1 aliphatic rings. The second kappa shape index (κ2) is 6.68. The Hall–Kier alpha value is -1.40. The fraction of sp³-hybridized carbons (Fsp3) is 0.692. The van der Waals surface area contributed by atoms with E-state index in [4.69, 9.17) is 5.11 Å². The highest BCUT2D eigenvalue weighted by Crippen LogP contribution is 2.08. The molecule has 0 radical (unpaired) electrons. The van der Waals surface area contributed by atoms with Gasteiger partial charge in [-0.1, -0.05) is 6.92 Å². The van der Waals surface area contributed by atoms with Gasteiger partial charge in [-0.25, -0.2) is 0 Å². The van der Waals surface area contributed by atoms with Gasteiger partial charge in [0.1, 0.15) is 0 Å². The maximum absolute atomic E-state index is 10.6. The van der Waals surface area contributed by atoms with Crippen LogP contribution in [0.3, 0.4) is 0 Å². The van der Waals surface area contributed by atoms with Crippen LogP contribution in [0.1, 0.15) is 18.9 Å². The van der Waals surface area contributed by atoms with Crippen molar-refractivity contribution < 1.29 is 9.90 Å². The van der Waals surface area contributed by atoms with E-state index in [0.717, 1.165) is 45.7 Å². The molecule has 6 nitrogen and oxygen atoms in total. The van der Waals surface area contributed by atoms with Crippen LogP contribution >= 0.6 is 0 Å². The fourth-order valence-corrected chi connectivity index (χ4v) is 2.39. The highest BCUT2D eigenvalue weighted by atomic mass is 16.4. The Bertz CT molecular complexity index is 411. The first kappa shape index (κ1) is 14.0. The lowest BCUT2D eigenvalue weighted by atomic mass is 10.2. The molecule has 0 spiro atoms. The molecule has 1 fully saturated rings. The summed E-state index contributed by atoms with van der Waals surface area (Å²) >= 11 is 0. The molecule has 1 aromatic rings. The molecule has 0 atom stereocenters. The lowest BCUT2D eigenvalue weighted by Gasteiger charge is -2.33. The number of aromatic nitrogens is 2. The van der Waals surface area contributed by atoms with Gasteiger partial charge in [-0.3, -0.25) is 19.3 Å². The third kappa shape index (κ3) is 4.33. The number of rotatable bonds is 6. The van der Waals surface area contributed by atoms with Crippen molar-refractivity contribution in [3.63, 3.8) is 0 Å². The van der Waals surface area contributed by atoms with Crippen molar-refractivity contribution in [2.45, 2.75) is 26.4 Å². The summed E-state index contributed by atoms with van der Waals surface area (Å²) in [6, 6.07) is 0. The third-order valence-corrected chi connectivity index (χ3v) is 3.37. The van der Waals surface area contributed by atoms with Gasteiger partial charge in [-0.05, 0) is 6.42 Å². The Morgan fingerprint density at radius 2 is 2.00 bits per heavy atom. The molecule has 0 saturated carbocycles. The van der Waals surface area contributed by atoms with Gasteiger partial charge in [-0.15, -0.1) is 0 Å². The van der Waals surface area contributed by atoms with Gasteiger partial charge < -0.3 is 5.11 Å². The van der Waals surface area contributed by atoms with Gasteiger partial charge in [-0.2, -0.15) is 5.10 Å². The van der Waals surface area contributed by atoms with Crippen LogP contribution in [0.5, 0.6) is 0 Å². The largest absolute Gasteiger partial charge is 0.480 e. The number of carboxylic acid groups (broad SMARTS) is 1. The lowest BCUT2D eigenvalue weighted by Crippen LogP contribution is -2.47. The van der Waals surface area contributed by atoms with Crippen LogP contribution in [0, 0.1) is 0 Å². The molecule has 0 bridgehead atoms. The van der Waals surface area contributed by atoms with Gasteiger partial charge in [0, 0.05) is 51.0 Å². The van der Waals surface area contributed by atoms with Crippen LogP contribution in [0.25, 0.3) is 0 Å². The zero-order valence-corrected chi connectivity index (χ0v) is 11.5. The predicted molar refractivity (Wildman–Crippen MR) is 71.9 cm³/mol. The van der Waals surface area contributed by atoms with E-state index in [-0.39, 0.29) is 6.54 Å². The number of carboxylic acids is 1. The summed E-state index contributed by atoms with van der Waals surface area (Å²) in [4.78, 5) is 15.0. The van der Waals surface area contributed by atoms with Gasteiger partial charge in [0.2, 0.25) is 0 Å². The predicted octanol–water partition coefficient (Wildman–Crippen LogP) is 0.495. The number of aliphatic carboxylic acids is 1. The Morgan fingerprint density at radius 3 is 2.63 bits per heavy atom. The van der Waals surface area contributed by atoms with E-state index >= 15 is 0 Å². The molecule has 0 amide bonds. The van der Waals surface area contributed by atoms with Crippen LogP contribution < -0.4 is 0 Å². The molecule has 0 aromatic carbocycles. The number of aryl methyl sites for hydroxylation is 1. The van der Waals surface area contributed by atoms with Gasteiger partial charge in [0.05, 0.1) is 12.7 Å². The Kier molecular flexibility index (Phi) is 4.93. The van der Waals surface area contributed by atoms with Gasteiger partial charge in [0.15, 0.2) is 0 Å². The minimum absolute atomic E-state index is 0.155. The van der Waals surface area contributed by atoms with Crippen molar-refractivity contribution in [2.24, 2.45) is 0 Å². The summed E-state index contributed by atoms with van der Waals surface area (Å²) in [5.74, 6) is -0.741. The maximum Gasteiger partial charge on any atom is 0.317 e. The first-order valence-corrected chi connectivity index (χ1v) is 6.85. The van der Waals surface area contributed by atoms with Gasteiger partial charge in [0.25, 0.3) is 0 Å². The highest BCUT2D eigenvalue weighted by Gasteiger charge is 2.18. The van der Waals surface area contributed by atoms with Crippen LogP contribution in [0.2, 0.25) is 0 Å². The second-order valence-corrected chi connectivity index (χ2v) is 5.06. The number of hydrogen-bond donors (Lipinski definition) is 1. The SMILES string of the molecule is CCCn1cc(CN2CCN(CC(=O)O)CC2)cn1. The second-order valence-electron chi connectivity index (χ2n) is 5.06. The minimum Gasteiger partial charge on any atom is -0.480 e. The molecular weight excluding hydrogens is 244 g/mol. The molecular formula is C13H22N4O2. The minimum atomic E-state index is -0.741. The first-order chi connectivity index (χ1) is 9.17. The number of hydrogen-bond acceptors (Lipinski definition) is 4. The summed E-state index contributed by atoms with van der Waals surface area (Å²) in [6.45, 7) is 7.67. The summed E-state index contributed by atoms with van der Waals surface area (Å²) in [6.07, 6.45) is 5.13. The van der Waals surface area contributed by atoms with E-state index in [1.807, 2.05) is 15.8 Å². The quantitative estimate of drug-likeness (QED) is 0.812. The van der Waals surface area contributed by atoms with Crippen LogP contribution in [-0.2, 0) is 17.9 Å². The zero-order chi connectivity index (χ0) is 13.7.